The standard InChI is InChI=1S/C14H15NO2/c1-10(15)14(16)17-9-11-6-7-12-4-2-3-5-13(12)8-11/h2-8,10H,9,15H2,1H3/t10-/m0/s1. The molecule has 0 saturated heterocycles. The van der Waals surface area contributed by atoms with Crippen molar-refractivity contribution in [1.29, 1.82) is 0 Å². The van der Waals surface area contributed by atoms with Crippen molar-refractivity contribution >= 4 is 16.7 Å². The Morgan fingerprint density at radius 1 is 1.24 bits per heavy atom. The van der Waals surface area contributed by atoms with Crippen molar-refractivity contribution in [2.75, 3.05) is 0 Å². The van der Waals surface area contributed by atoms with Crippen molar-refractivity contribution in [3.8, 4) is 0 Å². The highest BCUT2D eigenvalue weighted by Gasteiger charge is 2.08. The Morgan fingerprint density at radius 2 is 1.94 bits per heavy atom. The quantitative estimate of drug-likeness (QED) is 0.821. The van der Waals surface area contributed by atoms with E-state index in [1.165, 1.54) is 5.39 Å². The summed E-state index contributed by atoms with van der Waals surface area (Å²) in [6.45, 7) is 1.88. The van der Waals surface area contributed by atoms with E-state index in [0.29, 0.717) is 0 Å². The van der Waals surface area contributed by atoms with Gasteiger partial charge in [-0.2, -0.15) is 0 Å². The third kappa shape index (κ3) is 2.82. The van der Waals surface area contributed by atoms with E-state index in [-0.39, 0.29) is 12.6 Å². The molecule has 0 saturated carbocycles. The molecule has 2 rings (SSSR count). The zero-order valence-electron chi connectivity index (χ0n) is 9.72. The molecule has 0 amide bonds. The zero-order chi connectivity index (χ0) is 12.3. The van der Waals surface area contributed by atoms with E-state index >= 15 is 0 Å². The number of carbonyl (C=O) groups is 1. The first-order valence-electron chi connectivity index (χ1n) is 5.57. The fourth-order valence-electron chi connectivity index (χ4n) is 1.61. The summed E-state index contributed by atoms with van der Waals surface area (Å²) >= 11 is 0. The Morgan fingerprint density at radius 3 is 2.65 bits per heavy atom. The lowest BCUT2D eigenvalue weighted by atomic mass is 10.1. The first-order valence-corrected chi connectivity index (χ1v) is 5.57. The van der Waals surface area contributed by atoms with Crippen LogP contribution in [0, 0.1) is 0 Å². The molecule has 0 aliphatic heterocycles. The molecule has 2 aromatic carbocycles. The number of hydrogen-bond donors (Lipinski definition) is 1. The molecule has 0 unspecified atom stereocenters. The zero-order valence-corrected chi connectivity index (χ0v) is 9.72. The molecule has 0 fully saturated rings. The lowest BCUT2D eigenvalue weighted by molar-refractivity contribution is -0.146. The molecule has 1 atom stereocenters. The largest absolute Gasteiger partial charge is 0.460 e. The summed E-state index contributed by atoms with van der Waals surface area (Å²) < 4.78 is 5.07. The van der Waals surface area contributed by atoms with Gasteiger partial charge in [-0.25, -0.2) is 0 Å². The first-order chi connectivity index (χ1) is 8.16. The van der Waals surface area contributed by atoms with E-state index in [4.69, 9.17) is 10.5 Å². The average molecular weight is 229 g/mol. The Hall–Kier alpha value is -1.87. The van der Waals surface area contributed by atoms with Crippen LogP contribution < -0.4 is 5.73 Å². The van der Waals surface area contributed by atoms with Gasteiger partial charge in [0.2, 0.25) is 0 Å². The molecule has 88 valence electrons. The lowest BCUT2D eigenvalue weighted by Gasteiger charge is -2.07. The molecule has 2 aromatic rings. The summed E-state index contributed by atoms with van der Waals surface area (Å²) in [7, 11) is 0. The van der Waals surface area contributed by atoms with Crippen LogP contribution in [-0.4, -0.2) is 12.0 Å². The topological polar surface area (TPSA) is 52.3 Å². The molecule has 17 heavy (non-hydrogen) atoms. The van der Waals surface area contributed by atoms with Crippen molar-refractivity contribution in [3.63, 3.8) is 0 Å². The van der Waals surface area contributed by atoms with Crippen LogP contribution in [0.2, 0.25) is 0 Å². The van der Waals surface area contributed by atoms with Crippen LogP contribution >= 0.6 is 0 Å². The van der Waals surface area contributed by atoms with Crippen molar-refractivity contribution in [3.05, 3.63) is 48.0 Å². The number of ether oxygens (including phenoxy) is 1. The summed E-state index contributed by atoms with van der Waals surface area (Å²) in [5.74, 6) is -0.377. The number of carbonyl (C=O) groups excluding carboxylic acids is 1. The van der Waals surface area contributed by atoms with Gasteiger partial charge in [-0.05, 0) is 29.3 Å². The summed E-state index contributed by atoms with van der Waals surface area (Å²) in [4.78, 5) is 11.2. The average Bonchev–Trinajstić information content (AvgIpc) is 2.35. The minimum Gasteiger partial charge on any atom is -0.460 e. The van der Waals surface area contributed by atoms with Gasteiger partial charge in [0.25, 0.3) is 0 Å². The van der Waals surface area contributed by atoms with E-state index < -0.39 is 6.04 Å². The second kappa shape index (κ2) is 4.97. The van der Waals surface area contributed by atoms with Crippen LogP contribution in [0.4, 0.5) is 0 Å². The fraction of sp³-hybridized carbons (Fsp3) is 0.214. The molecule has 0 heterocycles. The SMILES string of the molecule is C[C@H](N)C(=O)OCc1ccc2ccccc2c1. The molecule has 0 bridgehead atoms. The molecule has 0 radical (unpaired) electrons. The summed E-state index contributed by atoms with van der Waals surface area (Å²) in [5.41, 5.74) is 6.39. The van der Waals surface area contributed by atoms with Crippen molar-refractivity contribution in [2.45, 2.75) is 19.6 Å². The van der Waals surface area contributed by atoms with Crippen LogP contribution in [0.5, 0.6) is 0 Å². The van der Waals surface area contributed by atoms with Crippen molar-refractivity contribution in [2.24, 2.45) is 5.73 Å². The minimum atomic E-state index is -0.574. The number of esters is 1. The Kier molecular flexibility index (Phi) is 3.40. The number of hydrogen-bond acceptors (Lipinski definition) is 3. The second-order valence-electron chi connectivity index (χ2n) is 4.08. The molecular weight excluding hydrogens is 214 g/mol. The number of fused-ring (bicyclic) bond motifs is 1. The minimum absolute atomic E-state index is 0.269. The Labute approximate surface area is 100 Å². The molecule has 3 nitrogen and oxygen atoms in total. The van der Waals surface area contributed by atoms with Crippen LogP contribution in [0.25, 0.3) is 10.8 Å². The van der Waals surface area contributed by atoms with Gasteiger partial charge in [-0.1, -0.05) is 36.4 Å². The van der Waals surface area contributed by atoms with Gasteiger partial charge >= 0.3 is 5.97 Å². The van der Waals surface area contributed by atoms with Crippen LogP contribution in [0.15, 0.2) is 42.5 Å². The highest BCUT2D eigenvalue weighted by atomic mass is 16.5. The van der Waals surface area contributed by atoms with Gasteiger partial charge in [0.15, 0.2) is 0 Å². The number of benzene rings is 2. The number of rotatable bonds is 3. The smallest absolute Gasteiger partial charge is 0.322 e. The van der Waals surface area contributed by atoms with Crippen molar-refractivity contribution < 1.29 is 9.53 Å². The van der Waals surface area contributed by atoms with Crippen LogP contribution in [0.1, 0.15) is 12.5 Å². The third-order valence-electron chi connectivity index (χ3n) is 2.57. The van der Waals surface area contributed by atoms with E-state index in [1.807, 2.05) is 42.5 Å². The van der Waals surface area contributed by atoms with E-state index in [1.54, 1.807) is 6.92 Å². The molecule has 2 N–H and O–H groups in total. The predicted molar refractivity (Wildman–Crippen MR) is 67.4 cm³/mol. The van der Waals surface area contributed by atoms with E-state index in [2.05, 4.69) is 0 Å². The van der Waals surface area contributed by atoms with Gasteiger partial charge in [-0.3, -0.25) is 4.79 Å². The maximum Gasteiger partial charge on any atom is 0.322 e. The van der Waals surface area contributed by atoms with Gasteiger partial charge < -0.3 is 10.5 Å². The predicted octanol–water partition coefficient (Wildman–Crippen LogP) is 2.23. The van der Waals surface area contributed by atoms with E-state index in [9.17, 15) is 4.79 Å². The Bertz CT molecular complexity index is 534. The van der Waals surface area contributed by atoms with Gasteiger partial charge in [0.1, 0.15) is 12.6 Å². The maximum atomic E-state index is 11.2. The van der Waals surface area contributed by atoms with Gasteiger partial charge in [-0.15, -0.1) is 0 Å². The summed E-state index contributed by atoms with van der Waals surface area (Å²) in [6.07, 6.45) is 0. The van der Waals surface area contributed by atoms with Crippen LogP contribution in [-0.2, 0) is 16.1 Å². The summed E-state index contributed by atoms with van der Waals surface area (Å²) in [6, 6.07) is 13.5. The van der Waals surface area contributed by atoms with Gasteiger partial charge in [0.05, 0.1) is 0 Å². The summed E-state index contributed by atoms with van der Waals surface area (Å²) in [5, 5.41) is 2.32. The molecule has 3 heteroatoms. The van der Waals surface area contributed by atoms with Gasteiger partial charge in [0, 0.05) is 0 Å². The molecule has 0 aliphatic carbocycles. The molecule has 0 spiro atoms. The second-order valence-corrected chi connectivity index (χ2v) is 4.08. The fourth-order valence-corrected chi connectivity index (χ4v) is 1.61. The van der Waals surface area contributed by atoms with Crippen molar-refractivity contribution in [1.82, 2.24) is 0 Å². The number of nitrogens with two attached hydrogens (primary N) is 1. The lowest BCUT2D eigenvalue weighted by Crippen LogP contribution is -2.28. The van der Waals surface area contributed by atoms with Crippen LogP contribution in [0.3, 0.4) is 0 Å². The van der Waals surface area contributed by atoms with E-state index in [0.717, 1.165) is 10.9 Å². The molecule has 0 aliphatic rings. The Balaban J connectivity index is 2.12. The first kappa shape index (κ1) is 11.6. The highest BCUT2D eigenvalue weighted by molar-refractivity contribution is 5.83. The normalized spacial score (nSPS) is 12.4. The highest BCUT2D eigenvalue weighted by Crippen LogP contribution is 2.16. The molecular formula is C14H15NO2. The monoisotopic (exact) mass is 229 g/mol. The molecule has 0 aromatic heterocycles. The third-order valence-corrected chi connectivity index (χ3v) is 2.57. The maximum absolute atomic E-state index is 11.2.